The average molecular weight is 449 g/mol. The lowest BCUT2D eigenvalue weighted by atomic mass is 10.2. The number of hydrogen-bond donors (Lipinski definition) is 1. The molecule has 0 bridgehead atoms. The van der Waals surface area contributed by atoms with Crippen LogP contribution in [0.2, 0.25) is 0 Å². The van der Waals surface area contributed by atoms with Gasteiger partial charge in [0.2, 0.25) is 5.91 Å². The molecule has 0 unspecified atom stereocenters. The highest BCUT2D eigenvalue weighted by atomic mass is 32.2. The van der Waals surface area contributed by atoms with Gasteiger partial charge in [-0.1, -0.05) is 42.1 Å². The number of nitrogens with one attached hydrogen (secondary N) is 1. The van der Waals surface area contributed by atoms with Crippen LogP contribution in [0.15, 0.2) is 84.0 Å². The van der Waals surface area contributed by atoms with E-state index >= 15 is 0 Å². The van der Waals surface area contributed by atoms with Crippen LogP contribution in [0.1, 0.15) is 6.92 Å². The van der Waals surface area contributed by atoms with Crippen molar-refractivity contribution in [3.8, 4) is 22.8 Å². The maximum absolute atomic E-state index is 13.5. The molecule has 3 aromatic carbocycles. The molecular formula is C24H21FN4O2S. The highest BCUT2D eigenvalue weighted by Gasteiger charge is 2.17. The highest BCUT2D eigenvalue weighted by Crippen LogP contribution is 2.28. The minimum absolute atomic E-state index is 0.140. The Labute approximate surface area is 189 Å². The van der Waals surface area contributed by atoms with E-state index in [1.165, 1.54) is 23.9 Å². The van der Waals surface area contributed by atoms with Gasteiger partial charge in [0.25, 0.3) is 0 Å². The van der Waals surface area contributed by atoms with Gasteiger partial charge in [0, 0.05) is 16.9 Å². The largest absolute Gasteiger partial charge is 0.494 e. The predicted octanol–water partition coefficient (Wildman–Crippen LogP) is 5.20. The number of carbonyl (C=O) groups excluding carboxylic acids is 1. The number of ether oxygens (including phenoxy) is 1. The molecule has 32 heavy (non-hydrogen) atoms. The second kappa shape index (κ2) is 10.1. The summed E-state index contributed by atoms with van der Waals surface area (Å²) in [6, 6.07) is 22.9. The Morgan fingerprint density at radius 1 is 1.00 bits per heavy atom. The Morgan fingerprint density at radius 2 is 1.72 bits per heavy atom. The molecule has 6 nitrogen and oxygen atoms in total. The van der Waals surface area contributed by atoms with Crippen molar-refractivity contribution < 1.29 is 13.9 Å². The van der Waals surface area contributed by atoms with Crippen LogP contribution in [0.3, 0.4) is 0 Å². The molecule has 4 rings (SSSR count). The summed E-state index contributed by atoms with van der Waals surface area (Å²) in [7, 11) is 0. The molecule has 0 radical (unpaired) electrons. The molecule has 0 fully saturated rings. The summed E-state index contributed by atoms with van der Waals surface area (Å²) in [6.07, 6.45) is 0. The molecule has 8 heteroatoms. The molecule has 0 aliphatic heterocycles. The van der Waals surface area contributed by atoms with Gasteiger partial charge in [0.05, 0.1) is 12.4 Å². The van der Waals surface area contributed by atoms with Gasteiger partial charge in [-0.15, -0.1) is 10.2 Å². The number of nitrogens with zero attached hydrogens (tertiary/aromatic N) is 3. The maximum atomic E-state index is 13.5. The van der Waals surface area contributed by atoms with E-state index in [0.29, 0.717) is 29.0 Å². The van der Waals surface area contributed by atoms with Crippen LogP contribution in [-0.2, 0) is 4.79 Å². The van der Waals surface area contributed by atoms with E-state index in [2.05, 4.69) is 15.5 Å². The minimum Gasteiger partial charge on any atom is -0.494 e. The Hall–Kier alpha value is -3.65. The van der Waals surface area contributed by atoms with E-state index in [1.54, 1.807) is 24.3 Å². The monoisotopic (exact) mass is 448 g/mol. The Morgan fingerprint density at radius 3 is 2.41 bits per heavy atom. The first kappa shape index (κ1) is 21.6. The second-order valence-corrected chi connectivity index (χ2v) is 7.72. The highest BCUT2D eigenvalue weighted by molar-refractivity contribution is 7.99. The molecular weight excluding hydrogens is 427 g/mol. The summed E-state index contributed by atoms with van der Waals surface area (Å²) in [4.78, 5) is 12.5. The van der Waals surface area contributed by atoms with Gasteiger partial charge >= 0.3 is 0 Å². The molecule has 4 aromatic rings. The van der Waals surface area contributed by atoms with Gasteiger partial charge in [-0.25, -0.2) is 4.39 Å². The SMILES string of the molecule is CCOc1ccc(NC(=O)CSc2nnc(-c3ccccc3)n2-c2ccc(F)cc2)cc1. The molecule has 0 aliphatic carbocycles. The summed E-state index contributed by atoms with van der Waals surface area (Å²) in [5, 5.41) is 12.0. The number of thioether (sulfide) groups is 1. The minimum atomic E-state index is -0.327. The summed E-state index contributed by atoms with van der Waals surface area (Å²) in [6.45, 7) is 2.50. The first-order valence-corrected chi connectivity index (χ1v) is 11.0. The lowest BCUT2D eigenvalue weighted by Gasteiger charge is -2.11. The van der Waals surface area contributed by atoms with Gasteiger partial charge in [0.15, 0.2) is 11.0 Å². The summed E-state index contributed by atoms with van der Waals surface area (Å²) in [5.41, 5.74) is 2.27. The summed E-state index contributed by atoms with van der Waals surface area (Å²) in [5.74, 6) is 1.01. The van der Waals surface area contributed by atoms with Crippen molar-refractivity contribution in [3.05, 3.63) is 84.7 Å². The smallest absolute Gasteiger partial charge is 0.234 e. The zero-order valence-electron chi connectivity index (χ0n) is 17.4. The number of hydrogen-bond acceptors (Lipinski definition) is 5. The first-order chi connectivity index (χ1) is 15.6. The quantitative estimate of drug-likeness (QED) is 0.375. The summed E-state index contributed by atoms with van der Waals surface area (Å²) >= 11 is 1.26. The standard InChI is InChI=1S/C24H21FN4O2S/c1-2-31-21-14-10-19(11-15-21)26-22(30)16-32-24-28-27-23(17-6-4-3-5-7-17)29(24)20-12-8-18(25)9-13-20/h3-15H,2,16H2,1H3,(H,26,30). The number of rotatable bonds is 8. The van der Waals surface area contributed by atoms with Crippen molar-refractivity contribution in [3.63, 3.8) is 0 Å². The average Bonchev–Trinajstić information content (AvgIpc) is 3.24. The third kappa shape index (κ3) is 5.15. The maximum Gasteiger partial charge on any atom is 0.234 e. The van der Waals surface area contributed by atoms with Gasteiger partial charge < -0.3 is 10.1 Å². The number of halogens is 1. The Balaban J connectivity index is 1.52. The molecule has 1 heterocycles. The van der Waals surface area contributed by atoms with E-state index in [0.717, 1.165) is 11.3 Å². The Kier molecular flexibility index (Phi) is 6.81. The van der Waals surface area contributed by atoms with Crippen LogP contribution in [0.5, 0.6) is 5.75 Å². The molecule has 1 N–H and O–H groups in total. The Bertz CT molecular complexity index is 1180. The molecule has 0 spiro atoms. The van der Waals surface area contributed by atoms with E-state index in [9.17, 15) is 9.18 Å². The summed E-state index contributed by atoms with van der Waals surface area (Å²) < 4.78 is 20.7. The third-order valence-corrected chi connectivity index (χ3v) is 5.46. The van der Waals surface area contributed by atoms with Crippen molar-refractivity contribution >= 4 is 23.4 Å². The van der Waals surface area contributed by atoms with Crippen molar-refractivity contribution in [1.82, 2.24) is 14.8 Å². The number of benzene rings is 3. The van der Waals surface area contributed by atoms with Crippen molar-refractivity contribution in [2.24, 2.45) is 0 Å². The van der Waals surface area contributed by atoms with Gasteiger partial charge in [-0.05, 0) is 55.5 Å². The van der Waals surface area contributed by atoms with Gasteiger partial charge in [0.1, 0.15) is 11.6 Å². The fourth-order valence-electron chi connectivity index (χ4n) is 3.09. The normalized spacial score (nSPS) is 10.7. The van der Waals surface area contributed by atoms with Gasteiger partial charge in [-0.3, -0.25) is 9.36 Å². The number of carbonyl (C=O) groups is 1. The predicted molar refractivity (Wildman–Crippen MR) is 124 cm³/mol. The van der Waals surface area contributed by atoms with E-state index < -0.39 is 0 Å². The lowest BCUT2D eigenvalue weighted by molar-refractivity contribution is -0.113. The van der Waals surface area contributed by atoms with Crippen LogP contribution >= 0.6 is 11.8 Å². The topological polar surface area (TPSA) is 69.0 Å². The zero-order valence-corrected chi connectivity index (χ0v) is 18.2. The van der Waals surface area contributed by atoms with Gasteiger partial charge in [-0.2, -0.15) is 0 Å². The molecule has 0 saturated carbocycles. The van der Waals surface area contributed by atoms with E-state index in [-0.39, 0.29) is 17.5 Å². The van der Waals surface area contributed by atoms with E-state index in [4.69, 9.17) is 4.74 Å². The number of anilines is 1. The van der Waals surface area contributed by atoms with Crippen molar-refractivity contribution in [2.75, 3.05) is 17.7 Å². The molecule has 0 atom stereocenters. The first-order valence-electron chi connectivity index (χ1n) is 10.1. The molecule has 1 aromatic heterocycles. The number of amides is 1. The van der Waals surface area contributed by atoms with Crippen LogP contribution in [0.25, 0.3) is 17.1 Å². The fraction of sp³-hybridized carbons (Fsp3) is 0.125. The van der Waals surface area contributed by atoms with Crippen LogP contribution < -0.4 is 10.1 Å². The van der Waals surface area contributed by atoms with E-state index in [1.807, 2.05) is 54.0 Å². The number of aromatic nitrogens is 3. The van der Waals surface area contributed by atoms with Crippen LogP contribution in [-0.4, -0.2) is 33.0 Å². The van der Waals surface area contributed by atoms with Crippen molar-refractivity contribution in [1.29, 1.82) is 0 Å². The van der Waals surface area contributed by atoms with Crippen LogP contribution in [0, 0.1) is 5.82 Å². The molecule has 1 amide bonds. The molecule has 0 aliphatic rings. The molecule has 162 valence electrons. The fourth-order valence-corrected chi connectivity index (χ4v) is 3.84. The van der Waals surface area contributed by atoms with Crippen LogP contribution in [0.4, 0.5) is 10.1 Å². The lowest BCUT2D eigenvalue weighted by Crippen LogP contribution is -2.14. The zero-order chi connectivity index (χ0) is 22.3. The third-order valence-electron chi connectivity index (χ3n) is 4.53. The molecule has 0 saturated heterocycles. The van der Waals surface area contributed by atoms with Crippen molar-refractivity contribution in [2.45, 2.75) is 12.1 Å². The second-order valence-electron chi connectivity index (χ2n) is 6.78.